The van der Waals surface area contributed by atoms with Crippen LogP contribution in [0.25, 0.3) is 6.08 Å². The number of nitrogens with one attached hydrogen (secondary N) is 1. The van der Waals surface area contributed by atoms with Crippen molar-refractivity contribution in [2.45, 2.75) is 4.90 Å². The second kappa shape index (κ2) is 8.94. The molecule has 1 amide bonds. The molecule has 3 aromatic rings. The summed E-state index contributed by atoms with van der Waals surface area (Å²) in [5, 5.41) is 21.2. The van der Waals surface area contributed by atoms with Gasteiger partial charge in [-0.25, -0.2) is 0 Å². The fraction of sp³-hybridized carbons (Fsp3) is 0. The molecule has 7 nitrogen and oxygen atoms in total. The molecule has 2 N–H and O–H groups in total. The van der Waals surface area contributed by atoms with E-state index in [2.05, 4.69) is 5.32 Å². The second-order valence-electron chi connectivity index (χ2n) is 6.06. The van der Waals surface area contributed by atoms with Crippen LogP contribution in [0.4, 0.5) is 5.69 Å². The molecule has 0 aliphatic heterocycles. The van der Waals surface area contributed by atoms with Gasteiger partial charge in [0.2, 0.25) is 0 Å². The molecular formula is C22H16N2O5S. The Bertz CT molecular complexity index is 1230. The van der Waals surface area contributed by atoms with Crippen LogP contribution in [-0.4, -0.2) is 19.4 Å². The van der Waals surface area contributed by atoms with Gasteiger partial charge >= 0.3 is 10.1 Å². The van der Waals surface area contributed by atoms with E-state index in [4.69, 9.17) is 4.18 Å². The van der Waals surface area contributed by atoms with Crippen molar-refractivity contribution in [2.24, 2.45) is 0 Å². The zero-order chi connectivity index (χ0) is 21.6. The van der Waals surface area contributed by atoms with E-state index in [1.807, 2.05) is 0 Å². The number of anilines is 1. The van der Waals surface area contributed by atoms with Crippen LogP contribution in [0, 0.1) is 11.3 Å². The van der Waals surface area contributed by atoms with Crippen LogP contribution < -0.4 is 9.50 Å². The minimum Gasteiger partial charge on any atom is -0.508 e. The predicted molar refractivity (Wildman–Crippen MR) is 111 cm³/mol. The van der Waals surface area contributed by atoms with Crippen molar-refractivity contribution in [3.8, 4) is 17.6 Å². The largest absolute Gasteiger partial charge is 0.508 e. The molecule has 0 aromatic heterocycles. The van der Waals surface area contributed by atoms with Gasteiger partial charge in [-0.05, 0) is 48.5 Å². The van der Waals surface area contributed by atoms with Gasteiger partial charge in [-0.15, -0.1) is 0 Å². The molecule has 0 saturated carbocycles. The third kappa shape index (κ3) is 5.04. The van der Waals surface area contributed by atoms with E-state index < -0.39 is 16.0 Å². The molecule has 0 heterocycles. The minimum absolute atomic E-state index is 0.0191. The van der Waals surface area contributed by atoms with Crippen LogP contribution in [-0.2, 0) is 14.9 Å². The molecule has 30 heavy (non-hydrogen) atoms. The minimum atomic E-state index is -4.09. The Hall–Kier alpha value is -4.09. The van der Waals surface area contributed by atoms with Crippen molar-refractivity contribution in [1.82, 2.24) is 0 Å². The Morgan fingerprint density at radius 2 is 1.60 bits per heavy atom. The van der Waals surface area contributed by atoms with Crippen LogP contribution >= 0.6 is 0 Å². The average Bonchev–Trinajstić information content (AvgIpc) is 2.75. The first-order valence-electron chi connectivity index (χ1n) is 8.70. The van der Waals surface area contributed by atoms with Crippen LogP contribution in [0.3, 0.4) is 0 Å². The number of benzene rings is 3. The number of nitrogens with zero attached hydrogens (tertiary/aromatic N) is 1. The molecule has 0 atom stereocenters. The molecule has 0 bridgehead atoms. The van der Waals surface area contributed by atoms with Crippen LogP contribution in [0.5, 0.6) is 11.5 Å². The summed E-state index contributed by atoms with van der Waals surface area (Å²) in [7, 11) is -4.09. The lowest BCUT2D eigenvalue weighted by atomic mass is 10.1. The van der Waals surface area contributed by atoms with E-state index in [1.165, 1.54) is 54.6 Å². The highest BCUT2D eigenvalue weighted by Gasteiger charge is 2.18. The topological polar surface area (TPSA) is 116 Å². The summed E-state index contributed by atoms with van der Waals surface area (Å²) in [5.74, 6) is -0.676. The maximum absolute atomic E-state index is 12.5. The van der Waals surface area contributed by atoms with Gasteiger partial charge in [-0.1, -0.05) is 36.4 Å². The van der Waals surface area contributed by atoms with Crippen molar-refractivity contribution < 1.29 is 22.5 Å². The summed E-state index contributed by atoms with van der Waals surface area (Å²) in [6.07, 6.45) is 1.24. The van der Waals surface area contributed by atoms with E-state index in [0.29, 0.717) is 5.69 Å². The third-order valence-electron chi connectivity index (χ3n) is 3.94. The van der Waals surface area contributed by atoms with Gasteiger partial charge < -0.3 is 14.6 Å². The van der Waals surface area contributed by atoms with Crippen LogP contribution in [0.15, 0.2) is 89.3 Å². The molecule has 150 valence electrons. The molecule has 3 rings (SSSR count). The number of aromatic hydroxyl groups is 1. The zero-order valence-electron chi connectivity index (χ0n) is 15.5. The van der Waals surface area contributed by atoms with E-state index in [1.54, 1.807) is 36.4 Å². The molecule has 3 aromatic carbocycles. The number of rotatable bonds is 6. The van der Waals surface area contributed by atoms with Gasteiger partial charge in [0.1, 0.15) is 28.0 Å². The lowest BCUT2D eigenvalue weighted by Gasteiger charge is -2.10. The SMILES string of the molecule is N#C/C(=C\c1ccccc1OS(=O)(=O)c1ccccc1)C(=O)Nc1ccc(O)cc1. The van der Waals surface area contributed by atoms with Crippen LogP contribution in [0.2, 0.25) is 0 Å². The average molecular weight is 420 g/mol. The Morgan fingerprint density at radius 1 is 0.967 bits per heavy atom. The van der Waals surface area contributed by atoms with Crippen molar-refractivity contribution in [3.05, 3.63) is 90.0 Å². The normalized spacial score (nSPS) is 11.4. The third-order valence-corrected chi connectivity index (χ3v) is 5.19. The van der Waals surface area contributed by atoms with Gasteiger partial charge in [0.25, 0.3) is 5.91 Å². The van der Waals surface area contributed by atoms with Gasteiger partial charge in [-0.2, -0.15) is 13.7 Å². The van der Waals surface area contributed by atoms with E-state index >= 15 is 0 Å². The lowest BCUT2D eigenvalue weighted by Crippen LogP contribution is -2.13. The number of carbonyl (C=O) groups excluding carboxylic acids is 1. The molecule has 8 heteroatoms. The molecule has 0 saturated heterocycles. The number of amides is 1. The number of phenols is 1. The highest BCUT2D eigenvalue weighted by Crippen LogP contribution is 2.25. The van der Waals surface area contributed by atoms with E-state index in [9.17, 15) is 23.6 Å². The summed E-state index contributed by atoms with van der Waals surface area (Å²) in [5.41, 5.74) is 0.376. The number of hydrogen-bond donors (Lipinski definition) is 2. The number of para-hydroxylation sites is 1. The monoisotopic (exact) mass is 420 g/mol. The fourth-order valence-electron chi connectivity index (χ4n) is 2.48. The molecule has 0 spiro atoms. The summed E-state index contributed by atoms with van der Waals surface area (Å²) >= 11 is 0. The first-order valence-corrected chi connectivity index (χ1v) is 10.1. The zero-order valence-corrected chi connectivity index (χ0v) is 16.3. The highest BCUT2D eigenvalue weighted by molar-refractivity contribution is 7.87. The molecule has 0 fully saturated rings. The maximum atomic E-state index is 12.5. The second-order valence-corrected chi connectivity index (χ2v) is 7.61. The first-order chi connectivity index (χ1) is 14.4. The van der Waals surface area contributed by atoms with E-state index in [-0.39, 0.29) is 27.5 Å². The number of nitriles is 1. The Balaban J connectivity index is 1.88. The highest BCUT2D eigenvalue weighted by atomic mass is 32.2. The molecule has 0 aliphatic rings. The van der Waals surface area contributed by atoms with Crippen LogP contribution in [0.1, 0.15) is 5.56 Å². The summed E-state index contributed by atoms with van der Waals surface area (Å²) in [6.45, 7) is 0. The fourth-order valence-corrected chi connectivity index (χ4v) is 3.45. The van der Waals surface area contributed by atoms with Gasteiger partial charge in [0.05, 0.1) is 0 Å². The van der Waals surface area contributed by atoms with Gasteiger partial charge in [0, 0.05) is 11.3 Å². The standard InChI is InChI=1S/C22H16N2O5S/c23-15-17(22(26)24-18-10-12-19(25)13-11-18)14-16-6-4-5-9-21(16)29-30(27,28)20-7-2-1-3-8-20/h1-14,25H,(H,24,26)/b17-14+. The summed E-state index contributed by atoms with van der Waals surface area (Å²) < 4.78 is 30.2. The van der Waals surface area contributed by atoms with Crippen molar-refractivity contribution in [2.75, 3.05) is 5.32 Å². The van der Waals surface area contributed by atoms with Gasteiger partial charge in [0.15, 0.2) is 0 Å². The maximum Gasteiger partial charge on any atom is 0.339 e. The number of carbonyl (C=O) groups is 1. The summed E-state index contributed by atoms with van der Waals surface area (Å²) in [4.78, 5) is 12.4. The van der Waals surface area contributed by atoms with Crippen molar-refractivity contribution in [3.63, 3.8) is 0 Å². The Morgan fingerprint density at radius 3 is 2.27 bits per heavy atom. The number of hydrogen-bond acceptors (Lipinski definition) is 6. The Kier molecular flexibility index (Phi) is 6.15. The molecule has 0 unspecified atom stereocenters. The smallest absolute Gasteiger partial charge is 0.339 e. The van der Waals surface area contributed by atoms with Crippen molar-refractivity contribution >= 4 is 27.8 Å². The number of phenolic OH excluding ortho intramolecular Hbond substituents is 1. The summed E-state index contributed by atoms with van der Waals surface area (Å²) in [6, 6.07) is 21.3. The Labute approximate surface area is 173 Å². The molecule has 0 aliphatic carbocycles. The van der Waals surface area contributed by atoms with Gasteiger partial charge in [-0.3, -0.25) is 4.79 Å². The van der Waals surface area contributed by atoms with Crippen molar-refractivity contribution in [1.29, 1.82) is 5.26 Å². The lowest BCUT2D eigenvalue weighted by molar-refractivity contribution is -0.112. The molecule has 0 radical (unpaired) electrons. The quantitative estimate of drug-likeness (QED) is 0.272. The molecular weight excluding hydrogens is 404 g/mol. The van der Waals surface area contributed by atoms with E-state index in [0.717, 1.165) is 0 Å². The predicted octanol–water partition coefficient (Wildman–Crippen LogP) is 3.71. The first kappa shape index (κ1) is 20.6.